The van der Waals surface area contributed by atoms with Gasteiger partial charge in [-0.3, -0.25) is 14.9 Å². The van der Waals surface area contributed by atoms with Crippen molar-refractivity contribution in [1.82, 2.24) is 5.32 Å². The number of carbonyl (C=O) groups excluding carboxylic acids is 1. The zero-order valence-corrected chi connectivity index (χ0v) is 14.5. The predicted octanol–water partition coefficient (Wildman–Crippen LogP) is 2.22. The molecule has 0 saturated carbocycles. The van der Waals surface area contributed by atoms with Crippen LogP contribution in [-0.4, -0.2) is 30.5 Å². The highest BCUT2D eigenvalue weighted by Gasteiger charge is 2.17. The van der Waals surface area contributed by atoms with Crippen molar-refractivity contribution in [3.63, 3.8) is 0 Å². The van der Waals surface area contributed by atoms with Crippen LogP contribution in [0.2, 0.25) is 0 Å². The topological polar surface area (TPSA) is 107 Å². The van der Waals surface area contributed by atoms with E-state index in [1.807, 2.05) is 18.2 Å². The zero-order valence-electron chi connectivity index (χ0n) is 14.5. The van der Waals surface area contributed by atoms with E-state index >= 15 is 0 Å². The fourth-order valence-electron chi connectivity index (χ4n) is 2.52. The molecule has 7 heteroatoms. The quantitative estimate of drug-likeness (QED) is 0.385. The van der Waals surface area contributed by atoms with E-state index in [1.165, 1.54) is 17.7 Å². The van der Waals surface area contributed by atoms with Crippen molar-refractivity contribution in [2.75, 3.05) is 19.7 Å². The lowest BCUT2D eigenvalue weighted by atomic mass is 10.1. The molecule has 0 saturated heterocycles. The third-order valence-electron chi connectivity index (χ3n) is 3.77. The number of nitro groups is 1. The van der Waals surface area contributed by atoms with Crippen molar-refractivity contribution in [1.29, 1.82) is 0 Å². The molecular formula is C19H23N3O4. The van der Waals surface area contributed by atoms with Gasteiger partial charge in [0.25, 0.3) is 0 Å². The number of nitrogens with one attached hydrogen (secondary N) is 1. The van der Waals surface area contributed by atoms with Gasteiger partial charge in [-0.25, -0.2) is 0 Å². The first-order valence-electron chi connectivity index (χ1n) is 8.51. The predicted molar refractivity (Wildman–Crippen MR) is 99.1 cm³/mol. The Morgan fingerprint density at radius 1 is 1.15 bits per heavy atom. The molecule has 2 aromatic carbocycles. The number of carbonyl (C=O) groups is 1. The number of nitrogens with two attached hydrogens (primary N) is 1. The van der Waals surface area contributed by atoms with Crippen LogP contribution in [0.15, 0.2) is 48.5 Å². The second-order valence-electron chi connectivity index (χ2n) is 5.81. The van der Waals surface area contributed by atoms with Crippen LogP contribution in [0.25, 0.3) is 0 Å². The first-order chi connectivity index (χ1) is 12.6. The molecule has 2 aromatic rings. The molecule has 0 unspecified atom stereocenters. The van der Waals surface area contributed by atoms with E-state index in [1.54, 1.807) is 6.07 Å². The van der Waals surface area contributed by atoms with Crippen LogP contribution in [0.4, 0.5) is 5.69 Å². The van der Waals surface area contributed by atoms with Crippen LogP contribution in [0, 0.1) is 10.1 Å². The molecule has 2 rings (SSSR count). The van der Waals surface area contributed by atoms with Crippen LogP contribution in [-0.2, 0) is 17.6 Å². The Morgan fingerprint density at radius 3 is 2.62 bits per heavy atom. The van der Waals surface area contributed by atoms with Crippen molar-refractivity contribution in [2.45, 2.75) is 19.3 Å². The molecule has 26 heavy (non-hydrogen) atoms. The summed E-state index contributed by atoms with van der Waals surface area (Å²) in [5.41, 5.74) is 6.98. The molecule has 0 aliphatic heterocycles. The van der Waals surface area contributed by atoms with E-state index in [-0.39, 0.29) is 36.9 Å². The third kappa shape index (κ3) is 6.18. The first-order valence-corrected chi connectivity index (χ1v) is 8.51. The van der Waals surface area contributed by atoms with E-state index in [4.69, 9.17) is 10.5 Å². The molecule has 7 nitrogen and oxygen atoms in total. The second-order valence-corrected chi connectivity index (χ2v) is 5.81. The number of nitrogens with zero attached hydrogens (tertiary/aromatic N) is 1. The number of rotatable bonds is 10. The molecule has 0 aliphatic carbocycles. The lowest BCUT2D eigenvalue weighted by molar-refractivity contribution is -0.385. The minimum absolute atomic E-state index is 0.0867. The van der Waals surface area contributed by atoms with Crippen LogP contribution in [0.1, 0.15) is 17.5 Å². The van der Waals surface area contributed by atoms with E-state index < -0.39 is 4.92 Å². The molecule has 3 N–H and O–H groups in total. The van der Waals surface area contributed by atoms with Gasteiger partial charge in [-0.2, -0.15) is 0 Å². The number of aryl methyl sites for hydroxylation is 1. The molecule has 0 bridgehead atoms. The van der Waals surface area contributed by atoms with Crippen LogP contribution < -0.4 is 15.8 Å². The largest absolute Gasteiger partial charge is 0.485 e. The van der Waals surface area contributed by atoms with Crippen molar-refractivity contribution in [3.8, 4) is 5.75 Å². The van der Waals surface area contributed by atoms with Gasteiger partial charge in [0.05, 0.1) is 11.3 Å². The summed E-state index contributed by atoms with van der Waals surface area (Å²) in [7, 11) is 0. The van der Waals surface area contributed by atoms with Gasteiger partial charge in [0.2, 0.25) is 5.91 Å². The van der Waals surface area contributed by atoms with Gasteiger partial charge in [0, 0.05) is 19.2 Å². The van der Waals surface area contributed by atoms with Gasteiger partial charge in [-0.1, -0.05) is 36.4 Å². The Kier molecular flexibility index (Phi) is 7.57. The van der Waals surface area contributed by atoms with Crippen molar-refractivity contribution in [2.24, 2.45) is 5.73 Å². The molecule has 0 aliphatic rings. The van der Waals surface area contributed by atoms with Gasteiger partial charge in [0.15, 0.2) is 5.75 Å². The molecule has 0 heterocycles. The zero-order chi connectivity index (χ0) is 18.8. The number of amides is 1. The molecule has 0 radical (unpaired) electrons. The fraction of sp³-hybridized carbons (Fsp3) is 0.316. The number of ether oxygens (including phenoxy) is 1. The monoisotopic (exact) mass is 357 g/mol. The van der Waals surface area contributed by atoms with E-state index in [0.29, 0.717) is 12.1 Å². The van der Waals surface area contributed by atoms with Gasteiger partial charge >= 0.3 is 5.69 Å². The summed E-state index contributed by atoms with van der Waals surface area (Å²) in [6.07, 6.45) is 1.81. The van der Waals surface area contributed by atoms with Crippen LogP contribution >= 0.6 is 0 Å². The summed E-state index contributed by atoms with van der Waals surface area (Å²) in [6.45, 7) is 1.03. The fourth-order valence-corrected chi connectivity index (χ4v) is 2.52. The van der Waals surface area contributed by atoms with Crippen molar-refractivity contribution in [3.05, 3.63) is 69.8 Å². The number of hydrogen-bond donors (Lipinski definition) is 2. The molecule has 0 aromatic heterocycles. The summed E-state index contributed by atoms with van der Waals surface area (Å²) < 4.78 is 5.26. The van der Waals surface area contributed by atoms with Gasteiger partial charge in [-0.05, 0) is 30.0 Å². The van der Waals surface area contributed by atoms with E-state index in [2.05, 4.69) is 17.4 Å². The summed E-state index contributed by atoms with van der Waals surface area (Å²) in [5.74, 6) is -0.00421. The molecule has 138 valence electrons. The molecule has 1 amide bonds. The van der Waals surface area contributed by atoms with E-state index in [0.717, 1.165) is 12.8 Å². The standard InChI is InChI=1S/C19H23N3O4/c20-10-12-26-18-9-8-16(13-17(18)22(24)25)14-19(23)21-11-4-7-15-5-2-1-3-6-15/h1-3,5-6,8-9,13H,4,7,10-12,14,20H2,(H,21,23). The highest BCUT2D eigenvalue weighted by Crippen LogP contribution is 2.28. The second kappa shape index (κ2) is 10.1. The summed E-state index contributed by atoms with van der Waals surface area (Å²) in [5, 5.41) is 14.0. The highest BCUT2D eigenvalue weighted by molar-refractivity contribution is 5.78. The molecule has 0 atom stereocenters. The Hall–Kier alpha value is -2.93. The summed E-state index contributed by atoms with van der Waals surface area (Å²) in [4.78, 5) is 22.7. The van der Waals surface area contributed by atoms with Crippen LogP contribution in [0.5, 0.6) is 5.75 Å². The van der Waals surface area contributed by atoms with Crippen molar-refractivity contribution >= 4 is 11.6 Å². The van der Waals surface area contributed by atoms with E-state index in [9.17, 15) is 14.9 Å². The minimum atomic E-state index is -0.521. The lowest BCUT2D eigenvalue weighted by Crippen LogP contribution is -2.26. The normalized spacial score (nSPS) is 10.3. The summed E-state index contributed by atoms with van der Waals surface area (Å²) in [6, 6.07) is 14.6. The smallest absolute Gasteiger partial charge is 0.311 e. The van der Waals surface area contributed by atoms with Gasteiger partial charge in [0.1, 0.15) is 6.61 Å². The summed E-state index contributed by atoms with van der Waals surface area (Å²) >= 11 is 0. The molecule has 0 spiro atoms. The average Bonchev–Trinajstić information content (AvgIpc) is 2.65. The maximum absolute atomic E-state index is 12.0. The average molecular weight is 357 g/mol. The molecular weight excluding hydrogens is 334 g/mol. The maximum Gasteiger partial charge on any atom is 0.311 e. The Bertz CT molecular complexity index is 735. The lowest BCUT2D eigenvalue weighted by Gasteiger charge is -2.08. The van der Waals surface area contributed by atoms with Gasteiger partial charge < -0.3 is 15.8 Å². The maximum atomic E-state index is 12.0. The first kappa shape index (κ1) is 19.4. The Labute approximate surface area is 152 Å². The minimum Gasteiger partial charge on any atom is -0.485 e. The number of hydrogen-bond acceptors (Lipinski definition) is 5. The Balaban J connectivity index is 1.84. The highest BCUT2D eigenvalue weighted by atomic mass is 16.6. The third-order valence-corrected chi connectivity index (χ3v) is 3.77. The Morgan fingerprint density at radius 2 is 1.92 bits per heavy atom. The van der Waals surface area contributed by atoms with Crippen LogP contribution in [0.3, 0.4) is 0 Å². The van der Waals surface area contributed by atoms with Gasteiger partial charge in [-0.15, -0.1) is 0 Å². The van der Waals surface area contributed by atoms with Crippen molar-refractivity contribution < 1.29 is 14.5 Å². The SMILES string of the molecule is NCCOc1ccc(CC(=O)NCCCc2ccccc2)cc1[N+](=O)[O-]. The number of nitro benzene ring substituents is 1. The molecule has 0 fully saturated rings. The number of benzene rings is 2.